The highest BCUT2D eigenvalue weighted by atomic mass is 32.2. The number of carbonyl (C=O) groups is 1. The second-order valence-corrected chi connectivity index (χ2v) is 5.73. The molecule has 1 saturated heterocycles. The molecule has 0 aliphatic carbocycles. The fraction of sp³-hybridized carbons (Fsp3) is 0.750. The lowest BCUT2D eigenvalue weighted by atomic mass is 9.98. The van der Waals surface area contributed by atoms with Crippen molar-refractivity contribution in [3.05, 3.63) is 5.89 Å². The van der Waals surface area contributed by atoms with Crippen LogP contribution >= 0.6 is 11.8 Å². The quantitative estimate of drug-likeness (QED) is 0.788. The van der Waals surface area contributed by atoms with E-state index in [0.717, 1.165) is 12.8 Å². The van der Waals surface area contributed by atoms with Crippen molar-refractivity contribution in [1.82, 2.24) is 15.1 Å². The highest BCUT2D eigenvalue weighted by Gasteiger charge is 2.28. The molecule has 1 aliphatic rings. The Morgan fingerprint density at radius 2 is 2.06 bits per heavy atom. The molecule has 1 aromatic heterocycles. The SMILES string of the molecule is Cc1nnc(SCC(=O)N2C(C)CCCC2C)o1. The lowest BCUT2D eigenvalue weighted by molar-refractivity contribution is -0.134. The minimum absolute atomic E-state index is 0.163. The van der Waals surface area contributed by atoms with E-state index in [4.69, 9.17) is 4.42 Å². The number of nitrogens with zero attached hydrogens (tertiary/aromatic N) is 3. The maximum absolute atomic E-state index is 12.2. The minimum atomic E-state index is 0.163. The number of amides is 1. The van der Waals surface area contributed by atoms with Crippen LogP contribution in [-0.4, -0.2) is 38.8 Å². The third-order valence-electron chi connectivity index (χ3n) is 3.31. The second kappa shape index (κ2) is 5.73. The Morgan fingerprint density at radius 1 is 1.39 bits per heavy atom. The van der Waals surface area contributed by atoms with E-state index in [0.29, 0.717) is 29.0 Å². The van der Waals surface area contributed by atoms with Crippen molar-refractivity contribution in [2.45, 2.75) is 57.3 Å². The van der Waals surface area contributed by atoms with Gasteiger partial charge >= 0.3 is 0 Å². The molecule has 1 aromatic rings. The number of aryl methyl sites for hydroxylation is 1. The fourth-order valence-corrected chi connectivity index (χ4v) is 3.12. The molecule has 18 heavy (non-hydrogen) atoms. The molecule has 1 fully saturated rings. The standard InChI is InChI=1S/C12H19N3O2S/c1-8-5-4-6-9(2)15(8)11(16)7-18-12-14-13-10(3)17-12/h8-9H,4-7H2,1-3H3. The van der Waals surface area contributed by atoms with Crippen LogP contribution in [0.1, 0.15) is 39.0 Å². The molecule has 0 bridgehead atoms. The number of thioether (sulfide) groups is 1. The summed E-state index contributed by atoms with van der Waals surface area (Å²) < 4.78 is 5.24. The highest BCUT2D eigenvalue weighted by Crippen LogP contribution is 2.24. The average molecular weight is 269 g/mol. The smallest absolute Gasteiger partial charge is 0.277 e. The van der Waals surface area contributed by atoms with Crippen molar-refractivity contribution in [2.24, 2.45) is 0 Å². The molecule has 0 aromatic carbocycles. The van der Waals surface area contributed by atoms with Gasteiger partial charge in [0.15, 0.2) is 0 Å². The molecular weight excluding hydrogens is 250 g/mol. The van der Waals surface area contributed by atoms with Crippen molar-refractivity contribution in [3.8, 4) is 0 Å². The van der Waals surface area contributed by atoms with Crippen molar-refractivity contribution < 1.29 is 9.21 Å². The summed E-state index contributed by atoms with van der Waals surface area (Å²) >= 11 is 1.32. The van der Waals surface area contributed by atoms with E-state index in [2.05, 4.69) is 24.0 Å². The Balaban J connectivity index is 1.90. The number of rotatable bonds is 3. The molecule has 2 unspecified atom stereocenters. The molecule has 0 radical (unpaired) electrons. The molecular formula is C12H19N3O2S. The Hall–Kier alpha value is -1.04. The molecule has 2 atom stereocenters. The maximum Gasteiger partial charge on any atom is 0.277 e. The molecule has 5 nitrogen and oxygen atoms in total. The Bertz CT molecular complexity index is 411. The van der Waals surface area contributed by atoms with Gasteiger partial charge in [-0.05, 0) is 33.1 Å². The van der Waals surface area contributed by atoms with Gasteiger partial charge in [-0.3, -0.25) is 4.79 Å². The van der Waals surface area contributed by atoms with Crippen LogP contribution in [-0.2, 0) is 4.79 Å². The van der Waals surface area contributed by atoms with E-state index in [1.54, 1.807) is 6.92 Å². The molecule has 2 rings (SSSR count). The second-order valence-electron chi connectivity index (χ2n) is 4.81. The van der Waals surface area contributed by atoms with Crippen molar-refractivity contribution in [2.75, 3.05) is 5.75 Å². The van der Waals surface area contributed by atoms with E-state index >= 15 is 0 Å². The first-order valence-corrected chi connectivity index (χ1v) is 7.30. The molecule has 1 amide bonds. The van der Waals surface area contributed by atoms with Crippen LogP contribution in [0.5, 0.6) is 0 Å². The zero-order chi connectivity index (χ0) is 13.1. The molecule has 0 spiro atoms. The number of likely N-dealkylation sites (tertiary alicyclic amines) is 1. The van der Waals surface area contributed by atoms with E-state index in [1.165, 1.54) is 18.2 Å². The predicted octanol–water partition coefficient (Wildman–Crippen LogP) is 2.26. The Morgan fingerprint density at radius 3 is 2.61 bits per heavy atom. The first-order valence-electron chi connectivity index (χ1n) is 6.32. The van der Waals surface area contributed by atoms with Crippen LogP contribution in [0.3, 0.4) is 0 Å². The largest absolute Gasteiger partial charge is 0.416 e. The normalized spacial score (nSPS) is 24.3. The summed E-state index contributed by atoms with van der Waals surface area (Å²) in [5.74, 6) is 1.07. The third-order valence-corrected chi connectivity index (χ3v) is 4.11. The van der Waals surface area contributed by atoms with Crippen LogP contribution < -0.4 is 0 Å². The van der Waals surface area contributed by atoms with E-state index < -0.39 is 0 Å². The topological polar surface area (TPSA) is 59.2 Å². The molecule has 1 aliphatic heterocycles. The third kappa shape index (κ3) is 3.04. The summed E-state index contributed by atoms with van der Waals surface area (Å²) in [6.45, 7) is 5.98. The maximum atomic E-state index is 12.2. The van der Waals surface area contributed by atoms with Crippen molar-refractivity contribution >= 4 is 17.7 Å². The minimum Gasteiger partial charge on any atom is -0.416 e. The summed E-state index contributed by atoms with van der Waals surface area (Å²) in [6.07, 6.45) is 3.41. The van der Waals surface area contributed by atoms with Gasteiger partial charge in [0.05, 0.1) is 5.75 Å². The monoisotopic (exact) mass is 269 g/mol. The summed E-state index contributed by atoms with van der Waals surface area (Å²) in [5, 5.41) is 8.09. The van der Waals surface area contributed by atoms with Gasteiger partial charge in [-0.1, -0.05) is 11.8 Å². The van der Waals surface area contributed by atoms with Gasteiger partial charge in [-0.2, -0.15) is 0 Å². The fourth-order valence-electron chi connectivity index (χ4n) is 2.45. The van der Waals surface area contributed by atoms with Gasteiger partial charge in [0.25, 0.3) is 5.22 Å². The van der Waals surface area contributed by atoms with E-state index in [-0.39, 0.29) is 5.91 Å². The van der Waals surface area contributed by atoms with Gasteiger partial charge in [0.2, 0.25) is 11.8 Å². The molecule has 0 N–H and O–H groups in total. The van der Waals surface area contributed by atoms with Gasteiger partial charge in [-0.15, -0.1) is 10.2 Å². The number of hydrogen-bond acceptors (Lipinski definition) is 5. The molecule has 2 heterocycles. The first-order chi connectivity index (χ1) is 8.58. The number of hydrogen-bond donors (Lipinski definition) is 0. The summed E-state index contributed by atoms with van der Waals surface area (Å²) in [6, 6.07) is 0.678. The summed E-state index contributed by atoms with van der Waals surface area (Å²) in [7, 11) is 0. The van der Waals surface area contributed by atoms with Gasteiger partial charge in [-0.25, -0.2) is 0 Å². The van der Waals surface area contributed by atoms with E-state index in [9.17, 15) is 4.79 Å². The molecule has 0 saturated carbocycles. The van der Waals surface area contributed by atoms with E-state index in [1.807, 2.05) is 4.90 Å². The van der Waals surface area contributed by atoms with Gasteiger partial charge in [0.1, 0.15) is 0 Å². The lowest BCUT2D eigenvalue weighted by Gasteiger charge is -2.39. The Labute approximate surface area is 111 Å². The summed E-state index contributed by atoms with van der Waals surface area (Å²) in [4.78, 5) is 14.2. The van der Waals surface area contributed by atoms with Crippen LogP contribution in [0.4, 0.5) is 0 Å². The summed E-state index contributed by atoms with van der Waals surface area (Å²) in [5.41, 5.74) is 0. The molecule has 6 heteroatoms. The lowest BCUT2D eigenvalue weighted by Crippen LogP contribution is -2.48. The predicted molar refractivity (Wildman–Crippen MR) is 69.4 cm³/mol. The number of carbonyl (C=O) groups excluding carboxylic acids is 1. The van der Waals surface area contributed by atoms with Gasteiger partial charge in [0, 0.05) is 19.0 Å². The van der Waals surface area contributed by atoms with Crippen LogP contribution in [0.15, 0.2) is 9.64 Å². The number of aromatic nitrogens is 2. The zero-order valence-electron chi connectivity index (χ0n) is 11.0. The van der Waals surface area contributed by atoms with Crippen LogP contribution in [0, 0.1) is 6.92 Å². The van der Waals surface area contributed by atoms with Crippen LogP contribution in [0.2, 0.25) is 0 Å². The average Bonchev–Trinajstić information content (AvgIpc) is 2.72. The van der Waals surface area contributed by atoms with Crippen LogP contribution in [0.25, 0.3) is 0 Å². The van der Waals surface area contributed by atoms with Gasteiger partial charge < -0.3 is 9.32 Å². The molecule has 100 valence electrons. The number of piperidine rings is 1. The Kier molecular flexibility index (Phi) is 4.27. The first kappa shape index (κ1) is 13.4. The zero-order valence-corrected chi connectivity index (χ0v) is 11.9. The highest BCUT2D eigenvalue weighted by molar-refractivity contribution is 7.99. The van der Waals surface area contributed by atoms with Crippen molar-refractivity contribution in [3.63, 3.8) is 0 Å². The van der Waals surface area contributed by atoms with Crippen molar-refractivity contribution in [1.29, 1.82) is 0 Å².